The Bertz CT molecular complexity index is 316. The van der Waals surface area contributed by atoms with E-state index in [1.165, 1.54) is 0 Å². The van der Waals surface area contributed by atoms with E-state index < -0.39 is 23.9 Å². The van der Waals surface area contributed by atoms with Crippen molar-refractivity contribution >= 4 is 11.6 Å². The highest BCUT2D eigenvalue weighted by Gasteiger charge is 2.17. The second-order valence-electron chi connectivity index (χ2n) is 2.25. The summed E-state index contributed by atoms with van der Waals surface area (Å²) in [5.74, 6) is -2.97. The molecule has 1 nitrogen and oxygen atoms in total. The van der Waals surface area contributed by atoms with Gasteiger partial charge in [0.1, 0.15) is 0 Å². The molecule has 0 saturated heterocycles. The Balaban J connectivity index is 3.22. The van der Waals surface area contributed by atoms with E-state index in [0.29, 0.717) is 6.07 Å². The first-order valence-corrected chi connectivity index (χ1v) is 3.78. The molecule has 13 heavy (non-hydrogen) atoms. The lowest BCUT2D eigenvalue weighted by Crippen LogP contribution is -2.01. The van der Waals surface area contributed by atoms with Crippen LogP contribution in [0.15, 0.2) is 6.07 Å². The van der Waals surface area contributed by atoms with Crippen LogP contribution in [0.3, 0.4) is 0 Å². The fourth-order valence-electron chi connectivity index (χ4n) is 0.776. The zero-order chi connectivity index (χ0) is 10.0. The summed E-state index contributed by atoms with van der Waals surface area (Å²) in [5, 5.41) is 0. The predicted molar refractivity (Wildman–Crippen MR) is 38.7 cm³/mol. The summed E-state index contributed by atoms with van der Waals surface area (Å²) in [4.78, 5) is 2.67. The van der Waals surface area contributed by atoms with Crippen LogP contribution in [0.5, 0.6) is 0 Å². The zero-order valence-corrected chi connectivity index (χ0v) is 6.95. The Morgan fingerprint density at radius 3 is 2.38 bits per heavy atom. The maximum Gasteiger partial charge on any atom is 0.268 e. The van der Waals surface area contributed by atoms with Gasteiger partial charge >= 0.3 is 0 Å². The molecule has 1 aromatic rings. The highest BCUT2D eigenvalue weighted by Crippen LogP contribution is 2.23. The van der Waals surface area contributed by atoms with Gasteiger partial charge in [-0.15, -0.1) is 11.6 Å². The van der Waals surface area contributed by atoms with Gasteiger partial charge in [0.25, 0.3) is 6.43 Å². The van der Waals surface area contributed by atoms with Gasteiger partial charge in [-0.2, -0.15) is 13.8 Å². The second kappa shape index (κ2) is 3.91. The molecule has 0 bridgehead atoms. The molecule has 0 amide bonds. The summed E-state index contributed by atoms with van der Waals surface area (Å²) in [7, 11) is 0. The molecule has 0 spiro atoms. The molecule has 0 aromatic carbocycles. The maximum atomic E-state index is 12.6. The van der Waals surface area contributed by atoms with E-state index >= 15 is 0 Å². The molecule has 0 fully saturated rings. The molecule has 1 heterocycles. The van der Waals surface area contributed by atoms with Crippen LogP contribution in [0.2, 0.25) is 0 Å². The average Bonchev–Trinajstić information content (AvgIpc) is 2.03. The van der Waals surface area contributed by atoms with Crippen molar-refractivity contribution in [2.75, 3.05) is 0 Å². The van der Waals surface area contributed by atoms with Crippen LogP contribution in [0.4, 0.5) is 17.6 Å². The fraction of sp³-hybridized carbons (Fsp3) is 0.286. The number of aromatic nitrogens is 1. The van der Waals surface area contributed by atoms with Crippen molar-refractivity contribution in [3.8, 4) is 0 Å². The average molecular weight is 214 g/mol. The molecular weight excluding hydrogens is 210 g/mol. The summed E-state index contributed by atoms with van der Waals surface area (Å²) in [5.41, 5.74) is -1.17. The third-order valence-corrected chi connectivity index (χ3v) is 1.70. The van der Waals surface area contributed by atoms with E-state index in [1.807, 2.05) is 0 Å². The Kier molecular flexibility index (Phi) is 3.08. The van der Waals surface area contributed by atoms with E-state index in [1.54, 1.807) is 0 Å². The minimum atomic E-state index is -3.02. The first-order valence-electron chi connectivity index (χ1n) is 3.25. The summed E-state index contributed by atoms with van der Waals surface area (Å²) in [6.07, 6.45) is -3.02. The Hall–Kier alpha value is -0.840. The molecule has 0 aliphatic carbocycles. The van der Waals surface area contributed by atoms with Gasteiger partial charge in [-0.25, -0.2) is 8.78 Å². The van der Waals surface area contributed by atoms with E-state index in [4.69, 9.17) is 11.6 Å². The summed E-state index contributed by atoms with van der Waals surface area (Å²) >= 11 is 5.21. The zero-order valence-electron chi connectivity index (χ0n) is 6.20. The maximum absolute atomic E-state index is 12.6. The number of nitrogens with zero attached hydrogens (tertiary/aromatic N) is 1. The molecule has 6 heteroatoms. The van der Waals surface area contributed by atoms with Gasteiger partial charge in [-0.3, -0.25) is 0 Å². The summed E-state index contributed by atoms with van der Waals surface area (Å²) in [6.45, 7) is 0. The van der Waals surface area contributed by atoms with Crippen molar-refractivity contribution in [2.45, 2.75) is 12.3 Å². The molecule has 1 aromatic heterocycles. The Morgan fingerprint density at radius 2 is 1.92 bits per heavy atom. The topological polar surface area (TPSA) is 12.9 Å². The highest BCUT2D eigenvalue weighted by atomic mass is 35.5. The second-order valence-corrected chi connectivity index (χ2v) is 2.52. The van der Waals surface area contributed by atoms with Crippen LogP contribution in [-0.4, -0.2) is 4.98 Å². The highest BCUT2D eigenvalue weighted by molar-refractivity contribution is 6.17. The van der Waals surface area contributed by atoms with E-state index in [0.717, 1.165) is 0 Å². The number of halogens is 5. The molecule has 0 unspecified atom stereocenters. The van der Waals surface area contributed by atoms with E-state index in [-0.39, 0.29) is 11.4 Å². The molecule has 1 rings (SSSR count). The number of alkyl halides is 3. The van der Waals surface area contributed by atoms with Crippen molar-refractivity contribution in [3.63, 3.8) is 0 Å². The van der Waals surface area contributed by atoms with Crippen molar-refractivity contribution < 1.29 is 17.6 Å². The van der Waals surface area contributed by atoms with Crippen molar-refractivity contribution in [2.24, 2.45) is 0 Å². The lowest BCUT2D eigenvalue weighted by Gasteiger charge is -2.03. The number of pyridine rings is 1. The largest absolute Gasteiger partial charge is 0.268 e. The monoisotopic (exact) mass is 213 g/mol. The van der Waals surface area contributed by atoms with Crippen LogP contribution in [0.25, 0.3) is 0 Å². The first-order chi connectivity index (χ1) is 6.06. The SMILES string of the molecule is Fc1nc(F)c(C(F)F)cc1CCl. The first kappa shape index (κ1) is 10.2. The standard InChI is InChI=1S/C7H4ClF4N/c8-2-3-1-4(5(9)10)7(12)13-6(3)11/h1,5H,2H2. The minimum Gasteiger partial charge on any atom is -0.205 e. The van der Waals surface area contributed by atoms with Crippen molar-refractivity contribution in [1.82, 2.24) is 4.98 Å². The molecule has 0 aliphatic heterocycles. The Labute approximate surface area is 76.3 Å². The lowest BCUT2D eigenvalue weighted by molar-refractivity contribution is 0.144. The van der Waals surface area contributed by atoms with E-state index in [2.05, 4.69) is 4.98 Å². The van der Waals surface area contributed by atoms with Crippen LogP contribution >= 0.6 is 11.6 Å². The lowest BCUT2D eigenvalue weighted by atomic mass is 10.2. The van der Waals surface area contributed by atoms with Gasteiger partial charge in [0.05, 0.1) is 11.4 Å². The van der Waals surface area contributed by atoms with Gasteiger partial charge in [0.15, 0.2) is 0 Å². The number of hydrogen-bond donors (Lipinski definition) is 0. The number of hydrogen-bond acceptors (Lipinski definition) is 1. The summed E-state index contributed by atoms with van der Waals surface area (Å²) in [6, 6.07) is 0.676. The third-order valence-electron chi connectivity index (χ3n) is 1.41. The quantitative estimate of drug-likeness (QED) is 0.418. The van der Waals surface area contributed by atoms with Crippen LogP contribution in [-0.2, 0) is 5.88 Å². The molecule has 0 saturated carbocycles. The molecule has 0 N–H and O–H groups in total. The normalized spacial score (nSPS) is 10.9. The van der Waals surface area contributed by atoms with Gasteiger partial charge < -0.3 is 0 Å². The van der Waals surface area contributed by atoms with E-state index in [9.17, 15) is 17.6 Å². The van der Waals surface area contributed by atoms with Gasteiger partial charge in [-0.05, 0) is 6.07 Å². The smallest absolute Gasteiger partial charge is 0.205 e. The van der Waals surface area contributed by atoms with Gasteiger partial charge in [0.2, 0.25) is 11.9 Å². The summed E-state index contributed by atoms with van der Waals surface area (Å²) < 4.78 is 49.2. The molecule has 0 atom stereocenters. The van der Waals surface area contributed by atoms with Gasteiger partial charge in [0, 0.05) is 5.56 Å². The fourth-order valence-corrected chi connectivity index (χ4v) is 0.964. The van der Waals surface area contributed by atoms with Crippen LogP contribution in [0, 0.1) is 11.9 Å². The minimum absolute atomic E-state index is 0.238. The van der Waals surface area contributed by atoms with Crippen LogP contribution in [0.1, 0.15) is 17.6 Å². The molecular formula is C7H4ClF4N. The predicted octanol–water partition coefficient (Wildman–Crippen LogP) is 3.04. The molecule has 0 radical (unpaired) electrons. The Morgan fingerprint density at radius 1 is 1.31 bits per heavy atom. The third kappa shape index (κ3) is 2.09. The molecule has 72 valence electrons. The van der Waals surface area contributed by atoms with Crippen LogP contribution < -0.4 is 0 Å². The number of rotatable bonds is 2. The van der Waals surface area contributed by atoms with Crippen molar-refractivity contribution in [1.29, 1.82) is 0 Å². The molecule has 0 aliphatic rings. The van der Waals surface area contributed by atoms with Gasteiger partial charge in [-0.1, -0.05) is 0 Å². The van der Waals surface area contributed by atoms with Crippen molar-refractivity contribution in [3.05, 3.63) is 29.1 Å².